The summed E-state index contributed by atoms with van der Waals surface area (Å²) in [5, 5.41) is 0. The molecule has 23 heavy (non-hydrogen) atoms. The number of hydrogen-bond acceptors (Lipinski definition) is 4. The molecule has 1 aliphatic carbocycles. The van der Waals surface area contributed by atoms with E-state index in [0.29, 0.717) is 44.9 Å². The lowest BCUT2D eigenvalue weighted by Crippen LogP contribution is -2.67. The van der Waals surface area contributed by atoms with E-state index in [1.165, 1.54) is 25.1 Å². The van der Waals surface area contributed by atoms with Crippen LogP contribution in [0, 0.1) is 11.7 Å². The second-order valence-corrected chi connectivity index (χ2v) is 6.95. The maximum absolute atomic E-state index is 13.7. The highest BCUT2D eigenvalue weighted by atomic mass is 19.1. The van der Waals surface area contributed by atoms with Crippen molar-refractivity contribution in [3.8, 4) is 5.88 Å². The molecule has 0 unspecified atom stereocenters. The Morgan fingerprint density at radius 1 is 1.43 bits per heavy atom. The summed E-state index contributed by atoms with van der Waals surface area (Å²) in [4.78, 5) is 17.9. The molecule has 3 aliphatic rings. The summed E-state index contributed by atoms with van der Waals surface area (Å²) in [6.07, 6.45) is 5.85. The van der Waals surface area contributed by atoms with E-state index in [2.05, 4.69) is 4.98 Å². The van der Waals surface area contributed by atoms with Gasteiger partial charge in [-0.2, -0.15) is 0 Å². The van der Waals surface area contributed by atoms with Crippen LogP contribution < -0.4 is 4.74 Å². The van der Waals surface area contributed by atoms with E-state index >= 15 is 0 Å². The maximum atomic E-state index is 13.7. The number of carbonyl (C=O) groups is 1. The normalized spacial score (nSPS) is 26.0. The van der Waals surface area contributed by atoms with Crippen LogP contribution in [-0.4, -0.2) is 47.2 Å². The fourth-order valence-corrected chi connectivity index (χ4v) is 3.44. The summed E-state index contributed by atoms with van der Waals surface area (Å²) < 4.78 is 25.3. The molecule has 5 nitrogen and oxygen atoms in total. The van der Waals surface area contributed by atoms with Gasteiger partial charge in [0.2, 0.25) is 5.91 Å². The number of nitrogens with zero attached hydrogens (tertiary/aromatic N) is 2. The van der Waals surface area contributed by atoms with Gasteiger partial charge >= 0.3 is 0 Å². The van der Waals surface area contributed by atoms with Crippen LogP contribution in [0.3, 0.4) is 0 Å². The second-order valence-electron chi connectivity index (χ2n) is 6.95. The molecule has 1 atom stereocenters. The van der Waals surface area contributed by atoms with Crippen LogP contribution in [0.1, 0.15) is 32.1 Å². The predicted molar refractivity (Wildman–Crippen MR) is 80.4 cm³/mol. The molecule has 1 aromatic rings. The van der Waals surface area contributed by atoms with Crippen molar-refractivity contribution in [2.75, 3.05) is 19.7 Å². The number of hydrogen-bond donors (Lipinski definition) is 0. The van der Waals surface area contributed by atoms with Gasteiger partial charge in [0.15, 0.2) is 5.82 Å². The zero-order chi connectivity index (χ0) is 15.9. The number of halogens is 1. The van der Waals surface area contributed by atoms with Crippen molar-refractivity contribution in [3.63, 3.8) is 0 Å². The van der Waals surface area contributed by atoms with E-state index in [-0.39, 0.29) is 23.5 Å². The minimum absolute atomic E-state index is 0.0514. The van der Waals surface area contributed by atoms with Crippen LogP contribution in [0.25, 0.3) is 0 Å². The molecule has 1 aromatic heterocycles. The van der Waals surface area contributed by atoms with Crippen LogP contribution in [-0.2, 0) is 9.53 Å². The lowest BCUT2D eigenvalue weighted by molar-refractivity contribution is -0.193. The lowest BCUT2D eigenvalue weighted by atomic mass is 9.84. The molecule has 0 N–H and O–H groups in total. The van der Waals surface area contributed by atoms with Crippen LogP contribution in [0.4, 0.5) is 4.39 Å². The summed E-state index contributed by atoms with van der Waals surface area (Å²) in [5.74, 6) is 0.452. The highest BCUT2D eigenvalue weighted by Gasteiger charge is 2.50. The van der Waals surface area contributed by atoms with Gasteiger partial charge in [-0.3, -0.25) is 4.79 Å². The third kappa shape index (κ3) is 3.17. The average molecular weight is 320 g/mol. The summed E-state index contributed by atoms with van der Waals surface area (Å²) >= 11 is 0. The number of ether oxygens (including phenoxy) is 2. The van der Waals surface area contributed by atoms with Gasteiger partial charge in [0.1, 0.15) is 11.7 Å². The molecule has 6 heteroatoms. The third-order valence-corrected chi connectivity index (χ3v) is 4.92. The van der Waals surface area contributed by atoms with Gasteiger partial charge in [-0.25, -0.2) is 9.37 Å². The minimum atomic E-state index is -0.442. The van der Waals surface area contributed by atoms with Crippen LogP contribution in [0.15, 0.2) is 18.3 Å². The van der Waals surface area contributed by atoms with Crippen molar-refractivity contribution in [2.45, 2.75) is 43.8 Å². The Balaban J connectivity index is 1.33. The smallest absolute Gasteiger partial charge is 0.250 e. The molecule has 2 aliphatic heterocycles. The highest BCUT2D eigenvalue weighted by molar-refractivity contribution is 5.78. The molecule has 1 spiro atoms. The zero-order valence-corrected chi connectivity index (χ0v) is 13.0. The Hall–Kier alpha value is -1.69. The predicted octanol–water partition coefficient (Wildman–Crippen LogP) is 2.16. The van der Waals surface area contributed by atoms with Gasteiger partial charge in [-0.1, -0.05) is 0 Å². The molecule has 1 amide bonds. The first kappa shape index (κ1) is 14.9. The van der Waals surface area contributed by atoms with Crippen molar-refractivity contribution in [1.29, 1.82) is 0 Å². The fourth-order valence-electron chi connectivity index (χ4n) is 3.44. The van der Waals surface area contributed by atoms with Crippen LogP contribution >= 0.6 is 0 Å². The van der Waals surface area contributed by atoms with Gasteiger partial charge in [0.05, 0.1) is 19.7 Å². The third-order valence-electron chi connectivity index (χ3n) is 4.92. The van der Waals surface area contributed by atoms with E-state index in [1.807, 2.05) is 4.90 Å². The van der Waals surface area contributed by atoms with E-state index in [1.54, 1.807) is 6.07 Å². The van der Waals surface area contributed by atoms with Gasteiger partial charge in [-0.15, -0.1) is 0 Å². The summed E-state index contributed by atoms with van der Waals surface area (Å²) in [6.45, 7) is 1.83. The molecule has 0 radical (unpaired) electrons. The Morgan fingerprint density at radius 3 is 3.00 bits per heavy atom. The number of pyridine rings is 1. The minimum Gasteiger partial charge on any atom is -0.472 e. The molecule has 2 saturated heterocycles. The van der Waals surface area contributed by atoms with Crippen molar-refractivity contribution in [1.82, 2.24) is 9.88 Å². The number of rotatable bonds is 4. The quantitative estimate of drug-likeness (QED) is 0.853. The Bertz CT molecular complexity index is 599. The molecule has 4 rings (SSSR count). The first-order chi connectivity index (χ1) is 11.1. The highest BCUT2D eigenvalue weighted by Crippen LogP contribution is 2.38. The van der Waals surface area contributed by atoms with Gasteiger partial charge < -0.3 is 14.4 Å². The van der Waals surface area contributed by atoms with Gasteiger partial charge in [0.25, 0.3) is 5.88 Å². The molecule has 3 heterocycles. The first-order valence-corrected chi connectivity index (χ1v) is 8.32. The second kappa shape index (κ2) is 5.74. The monoisotopic (exact) mass is 320 g/mol. The largest absolute Gasteiger partial charge is 0.472 e. The topological polar surface area (TPSA) is 51.7 Å². The van der Waals surface area contributed by atoms with E-state index < -0.39 is 5.82 Å². The lowest BCUT2D eigenvalue weighted by Gasteiger charge is -2.52. The molecular formula is C17H21FN2O3. The Labute approximate surface area is 134 Å². The van der Waals surface area contributed by atoms with E-state index in [4.69, 9.17) is 9.47 Å². The van der Waals surface area contributed by atoms with Crippen molar-refractivity contribution < 1.29 is 18.7 Å². The summed E-state index contributed by atoms with van der Waals surface area (Å²) in [6, 6.07) is 2.89. The Kier molecular flexibility index (Phi) is 3.71. The van der Waals surface area contributed by atoms with E-state index in [9.17, 15) is 9.18 Å². The number of amides is 1. The van der Waals surface area contributed by atoms with Crippen molar-refractivity contribution >= 4 is 5.91 Å². The molecule has 1 saturated carbocycles. The summed E-state index contributed by atoms with van der Waals surface area (Å²) in [5.41, 5.74) is -0.312. The van der Waals surface area contributed by atoms with Crippen LogP contribution in [0.2, 0.25) is 0 Å². The maximum Gasteiger partial charge on any atom is 0.250 e. The molecule has 0 aromatic carbocycles. The number of carbonyl (C=O) groups excluding carboxylic acids is 1. The van der Waals surface area contributed by atoms with Crippen LogP contribution in [0.5, 0.6) is 5.88 Å². The van der Waals surface area contributed by atoms with Gasteiger partial charge in [0, 0.05) is 25.5 Å². The van der Waals surface area contributed by atoms with E-state index in [0.717, 1.165) is 0 Å². The van der Waals surface area contributed by atoms with Crippen molar-refractivity contribution in [3.05, 3.63) is 24.1 Å². The van der Waals surface area contributed by atoms with Crippen molar-refractivity contribution in [2.24, 2.45) is 5.92 Å². The van der Waals surface area contributed by atoms with Gasteiger partial charge in [-0.05, 0) is 30.9 Å². The molecule has 124 valence electrons. The molecule has 0 bridgehead atoms. The zero-order valence-electron chi connectivity index (χ0n) is 13.0. The molecule has 3 fully saturated rings. The SMILES string of the molecule is O=C(CC1CC1)N1CC2(C[C@H](Oc3ncccc3F)CCO2)C1. The standard InChI is InChI=1S/C17H21FN2O3/c18-14-2-1-6-19-16(14)23-13-5-7-22-17(9-13)10-20(11-17)15(21)8-12-3-4-12/h1-2,6,12-13H,3-5,7-11H2/t13-/m1/s1. The number of aromatic nitrogens is 1. The molecular weight excluding hydrogens is 299 g/mol. The number of likely N-dealkylation sites (tertiary alicyclic amines) is 1. The average Bonchev–Trinajstić information content (AvgIpc) is 3.31. The first-order valence-electron chi connectivity index (χ1n) is 8.32. The Morgan fingerprint density at radius 2 is 2.26 bits per heavy atom. The summed E-state index contributed by atoms with van der Waals surface area (Å²) in [7, 11) is 0. The fraction of sp³-hybridized carbons (Fsp3) is 0.647.